The third kappa shape index (κ3) is 5.78. The molecular formula is C20H24O5. The van der Waals surface area contributed by atoms with Gasteiger partial charge < -0.3 is 14.2 Å². The molecule has 5 nitrogen and oxygen atoms in total. The highest BCUT2D eigenvalue weighted by atomic mass is 16.6. The van der Waals surface area contributed by atoms with Crippen molar-refractivity contribution < 1.29 is 23.8 Å². The molecule has 0 radical (unpaired) electrons. The number of carbonyl (C=O) groups excluding carboxylic acids is 2. The fourth-order valence-corrected chi connectivity index (χ4v) is 2.45. The van der Waals surface area contributed by atoms with Crippen molar-refractivity contribution in [2.24, 2.45) is 0 Å². The van der Waals surface area contributed by atoms with Crippen molar-refractivity contribution in [2.45, 2.75) is 45.6 Å². The highest BCUT2D eigenvalue weighted by Crippen LogP contribution is 2.33. The van der Waals surface area contributed by atoms with Crippen molar-refractivity contribution in [3.8, 4) is 0 Å². The van der Waals surface area contributed by atoms with Gasteiger partial charge in [0.15, 0.2) is 0 Å². The lowest BCUT2D eigenvalue weighted by atomic mass is 9.92. The molecule has 25 heavy (non-hydrogen) atoms. The normalized spacial score (nSPS) is 19.0. The summed E-state index contributed by atoms with van der Waals surface area (Å²) in [4.78, 5) is 24.1. The van der Waals surface area contributed by atoms with Gasteiger partial charge in [-0.25, -0.2) is 9.59 Å². The summed E-state index contributed by atoms with van der Waals surface area (Å²) >= 11 is 0. The van der Waals surface area contributed by atoms with E-state index < -0.39 is 17.5 Å². The van der Waals surface area contributed by atoms with Crippen LogP contribution < -0.4 is 0 Å². The van der Waals surface area contributed by atoms with E-state index in [9.17, 15) is 9.59 Å². The van der Waals surface area contributed by atoms with E-state index >= 15 is 0 Å². The number of ether oxygens (including phenoxy) is 3. The lowest BCUT2D eigenvalue weighted by Crippen LogP contribution is -2.23. The predicted molar refractivity (Wildman–Crippen MR) is 93.5 cm³/mol. The Balaban J connectivity index is 2.27. The minimum absolute atomic E-state index is 0.0805. The molecular weight excluding hydrogens is 320 g/mol. The minimum Gasteiger partial charge on any atom is -0.460 e. The third-order valence-corrected chi connectivity index (χ3v) is 3.40. The van der Waals surface area contributed by atoms with Crippen LogP contribution in [0.2, 0.25) is 0 Å². The molecule has 1 aromatic carbocycles. The van der Waals surface area contributed by atoms with Gasteiger partial charge in [-0.1, -0.05) is 30.3 Å². The van der Waals surface area contributed by atoms with E-state index in [1.165, 1.54) is 6.08 Å². The van der Waals surface area contributed by atoms with Gasteiger partial charge in [0, 0.05) is 12.3 Å². The highest BCUT2D eigenvalue weighted by molar-refractivity contribution is 5.87. The Hall–Kier alpha value is -2.56. The zero-order chi connectivity index (χ0) is 18.4. The smallest absolute Gasteiger partial charge is 0.373 e. The number of hydrogen-bond acceptors (Lipinski definition) is 5. The van der Waals surface area contributed by atoms with Crippen molar-refractivity contribution in [1.82, 2.24) is 0 Å². The Labute approximate surface area is 148 Å². The van der Waals surface area contributed by atoms with Crippen LogP contribution in [0.3, 0.4) is 0 Å². The van der Waals surface area contributed by atoms with E-state index in [0.29, 0.717) is 12.2 Å². The first-order valence-electron chi connectivity index (χ1n) is 8.34. The van der Waals surface area contributed by atoms with Crippen LogP contribution in [0.1, 0.15) is 45.6 Å². The lowest BCUT2D eigenvalue weighted by molar-refractivity contribution is -0.149. The summed E-state index contributed by atoms with van der Waals surface area (Å²) < 4.78 is 15.9. The standard InChI is InChI=1S/C20H24O5/c1-5-23-19(22)17-12-15(14-9-7-6-8-10-14)11-16(24-17)13-18(21)25-20(2,3)4/h6-10,12-13,15H,5,11H2,1-4H3/b16-13+/t15-/m0/s1. The molecule has 0 spiro atoms. The molecule has 0 N–H and O–H groups in total. The van der Waals surface area contributed by atoms with Crippen LogP contribution in [0.25, 0.3) is 0 Å². The van der Waals surface area contributed by atoms with Gasteiger partial charge in [0.25, 0.3) is 0 Å². The van der Waals surface area contributed by atoms with E-state index in [4.69, 9.17) is 14.2 Å². The first-order chi connectivity index (χ1) is 11.8. The SMILES string of the molecule is CCOC(=O)C1=C[C@@H](c2ccccc2)C/C(=C\C(=O)OC(C)(C)C)O1. The molecule has 1 atom stereocenters. The Morgan fingerprint density at radius 1 is 1.24 bits per heavy atom. The Morgan fingerprint density at radius 2 is 1.92 bits per heavy atom. The summed E-state index contributed by atoms with van der Waals surface area (Å²) in [7, 11) is 0. The maximum atomic E-state index is 12.1. The molecule has 0 aliphatic carbocycles. The first-order valence-corrected chi connectivity index (χ1v) is 8.34. The van der Waals surface area contributed by atoms with Crippen LogP contribution in [-0.4, -0.2) is 24.1 Å². The van der Waals surface area contributed by atoms with Crippen LogP contribution in [-0.2, 0) is 23.8 Å². The van der Waals surface area contributed by atoms with Crippen LogP contribution >= 0.6 is 0 Å². The minimum atomic E-state index is -0.596. The van der Waals surface area contributed by atoms with Gasteiger partial charge in [0.05, 0.1) is 12.7 Å². The summed E-state index contributed by atoms with van der Waals surface area (Å²) in [5.41, 5.74) is 0.434. The summed E-state index contributed by atoms with van der Waals surface area (Å²) in [6, 6.07) is 9.73. The van der Waals surface area contributed by atoms with E-state index in [0.717, 1.165) is 5.56 Å². The van der Waals surface area contributed by atoms with E-state index in [-0.39, 0.29) is 18.3 Å². The molecule has 0 saturated heterocycles. The van der Waals surface area contributed by atoms with Gasteiger partial charge in [-0.15, -0.1) is 0 Å². The molecule has 0 bridgehead atoms. The molecule has 1 aliphatic rings. The van der Waals surface area contributed by atoms with E-state index in [1.54, 1.807) is 33.8 Å². The van der Waals surface area contributed by atoms with Gasteiger partial charge in [-0.05, 0) is 39.3 Å². The Bertz CT molecular complexity index is 680. The average Bonchev–Trinajstić information content (AvgIpc) is 2.53. The van der Waals surface area contributed by atoms with Crippen molar-refractivity contribution in [2.75, 3.05) is 6.61 Å². The molecule has 0 fully saturated rings. The Morgan fingerprint density at radius 3 is 2.52 bits per heavy atom. The lowest BCUT2D eigenvalue weighted by Gasteiger charge is -2.24. The van der Waals surface area contributed by atoms with Crippen LogP contribution in [0.15, 0.2) is 54.0 Å². The van der Waals surface area contributed by atoms with Crippen LogP contribution in [0.4, 0.5) is 0 Å². The number of benzene rings is 1. The van der Waals surface area contributed by atoms with Crippen molar-refractivity contribution >= 4 is 11.9 Å². The zero-order valence-corrected chi connectivity index (χ0v) is 15.1. The predicted octanol–water partition coefficient (Wildman–Crippen LogP) is 3.86. The second kappa shape index (κ2) is 8.01. The summed E-state index contributed by atoms with van der Waals surface area (Å²) in [5, 5.41) is 0. The molecule has 2 rings (SSSR count). The number of carbonyl (C=O) groups is 2. The maximum absolute atomic E-state index is 12.1. The third-order valence-electron chi connectivity index (χ3n) is 3.40. The molecule has 0 saturated carbocycles. The van der Waals surface area contributed by atoms with Gasteiger partial charge in [0.1, 0.15) is 11.4 Å². The molecule has 0 unspecified atom stereocenters. The molecule has 1 aromatic rings. The van der Waals surface area contributed by atoms with Crippen molar-refractivity contribution in [3.63, 3.8) is 0 Å². The quantitative estimate of drug-likeness (QED) is 0.613. The highest BCUT2D eigenvalue weighted by Gasteiger charge is 2.26. The molecule has 5 heteroatoms. The fraction of sp³-hybridized carbons (Fsp3) is 0.400. The second-order valence-electron chi connectivity index (χ2n) is 6.72. The van der Waals surface area contributed by atoms with Gasteiger partial charge in [-0.2, -0.15) is 0 Å². The summed E-state index contributed by atoms with van der Waals surface area (Å²) in [6.45, 7) is 7.36. The zero-order valence-electron chi connectivity index (χ0n) is 15.1. The number of rotatable bonds is 4. The number of allylic oxidation sites excluding steroid dienone is 2. The number of esters is 2. The molecule has 0 amide bonds. The molecule has 0 aromatic heterocycles. The topological polar surface area (TPSA) is 61.8 Å². The molecule has 1 aliphatic heterocycles. The fourth-order valence-electron chi connectivity index (χ4n) is 2.45. The molecule has 1 heterocycles. The maximum Gasteiger partial charge on any atom is 0.373 e. The van der Waals surface area contributed by atoms with Crippen LogP contribution in [0, 0.1) is 0 Å². The molecule has 134 valence electrons. The summed E-state index contributed by atoms with van der Waals surface area (Å²) in [5.74, 6) is -0.647. The second-order valence-corrected chi connectivity index (χ2v) is 6.72. The van der Waals surface area contributed by atoms with Crippen molar-refractivity contribution in [3.05, 3.63) is 59.6 Å². The monoisotopic (exact) mass is 344 g/mol. The van der Waals surface area contributed by atoms with Crippen LogP contribution in [0.5, 0.6) is 0 Å². The Kier molecular flexibility index (Phi) is 6.02. The van der Waals surface area contributed by atoms with Gasteiger partial charge >= 0.3 is 11.9 Å². The summed E-state index contributed by atoms with van der Waals surface area (Å²) in [6.07, 6.45) is 3.50. The van der Waals surface area contributed by atoms with Crippen molar-refractivity contribution in [1.29, 1.82) is 0 Å². The number of hydrogen-bond donors (Lipinski definition) is 0. The van der Waals surface area contributed by atoms with Gasteiger partial charge in [-0.3, -0.25) is 0 Å². The van der Waals surface area contributed by atoms with E-state index in [2.05, 4.69) is 0 Å². The van der Waals surface area contributed by atoms with E-state index in [1.807, 2.05) is 30.3 Å². The van der Waals surface area contributed by atoms with Gasteiger partial charge in [0.2, 0.25) is 5.76 Å². The average molecular weight is 344 g/mol. The first kappa shape index (κ1) is 18.8. The largest absolute Gasteiger partial charge is 0.460 e.